The van der Waals surface area contributed by atoms with E-state index in [1.165, 1.54) is 18.9 Å². The average Bonchev–Trinajstić information content (AvgIpc) is 3.02. The molecule has 1 amide bonds. The van der Waals surface area contributed by atoms with Gasteiger partial charge in [-0.2, -0.15) is 0 Å². The molecule has 0 spiro atoms. The summed E-state index contributed by atoms with van der Waals surface area (Å²) in [5.41, 5.74) is 0.300. The SMILES string of the molecule is CC(C(=O)NC1(CN2CCCC2)CC1)n1ccc2c(Cl)ccc(F)c21. The van der Waals surface area contributed by atoms with Crippen LogP contribution in [0.3, 0.4) is 0 Å². The first-order chi connectivity index (χ1) is 12.0. The molecule has 1 atom stereocenters. The largest absolute Gasteiger partial charge is 0.348 e. The number of benzene rings is 1. The van der Waals surface area contributed by atoms with Gasteiger partial charge in [0.05, 0.1) is 16.1 Å². The summed E-state index contributed by atoms with van der Waals surface area (Å²) < 4.78 is 16.0. The fourth-order valence-corrected chi connectivity index (χ4v) is 4.08. The van der Waals surface area contributed by atoms with Crippen molar-refractivity contribution in [1.29, 1.82) is 0 Å². The van der Waals surface area contributed by atoms with Crippen LogP contribution in [-0.4, -0.2) is 40.5 Å². The van der Waals surface area contributed by atoms with Gasteiger partial charge >= 0.3 is 0 Å². The Kier molecular flexibility index (Phi) is 4.24. The molecule has 2 aliphatic rings. The van der Waals surface area contributed by atoms with Gasteiger partial charge in [-0.3, -0.25) is 4.79 Å². The Morgan fingerprint density at radius 1 is 1.32 bits per heavy atom. The van der Waals surface area contributed by atoms with E-state index in [1.54, 1.807) is 29.8 Å². The Labute approximate surface area is 151 Å². The van der Waals surface area contributed by atoms with Gasteiger partial charge in [0.1, 0.15) is 11.9 Å². The fraction of sp³-hybridized carbons (Fsp3) is 0.526. The minimum absolute atomic E-state index is 0.0615. The van der Waals surface area contributed by atoms with Crippen LogP contribution in [0.4, 0.5) is 4.39 Å². The molecule has 1 aliphatic carbocycles. The highest BCUT2D eigenvalue weighted by atomic mass is 35.5. The molecule has 1 aromatic heterocycles. The van der Waals surface area contributed by atoms with Crippen molar-refractivity contribution in [1.82, 2.24) is 14.8 Å². The first-order valence-electron chi connectivity index (χ1n) is 8.98. The molecular formula is C19H23ClFN3O. The fourth-order valence-electron chi connectivity index (χ4n) is 3.86. The Morgan fingerprint density at radius 2 is 2.04 bits per heavy atom. The topological polar surface area (TPSA) is 37.3 Å². The van der Waals surface area contributed by atoms with Crippen LogP contribution < -0.4 is 5.32 Å². The number of aromatic nitrogens is 1. The average molecular weight is 364 g/mol. The number of likely N-dealkylation sites (tertiary alicyclic amines) is 1. The number of nitrogens with one attached hydrogen (secondary N) is 1. The summed E-state index contributed by atoms with van der Waals surface area (Å²) in [5, 5.41) is 4.36. The van der Waals surface area contributed by atoms with Crippen molar-refractivity contribution in [3.63, 3.8) is 0 Å². The maximum Gasteiger partial charge on any atom is 0.243 e. The van der Waals surface area contributed by atoms with Crippen molar-refractivity contribution in [2.24, 2.45) is 0 Å². The standard InChI is InChI=1S/C19H23ClFN3O/c1-13(24-11-6-14-15(20)4-5-16(21)17(14)24)18(25)22-19(7-8-19)12-23-9-2-3-10-23/h4-6,11,13H,2-3,7-10,12H2,1H3,(H,22,25). The van der Waals surface area contributed by atoms with Crippen LogP contribution in [0, 0.1) is 5.82 Å². The Balaban J connectivity index is 1.52. The number of carbonyl (C=O) groups is 1. The van der Waals surface area contributed by atoms with E-state index in [0.29, 0.717) is 15.9 Å². The first-order valence-corrected chi connectivity index (χ1v) is 9.36. The molecule has 1 saturated heterocycles. The zero-order valence-electron chi connectivity index (χ0n) is 14.4. The second kappa shape index (κ2) is 6.29. The van der Waals surface area contributed by atoms with Gasteiger partial charge in [-0.1, -0.05) is 11.6 Å². The molecular weight excluding hydrogens is 341 g/mol. The van der Waals surface area contributed by atoms with Gasteiger partial charge in [0.15, 0.2) is 0 Å². The molecule has 1 N–H and O–H groups in total. The summed E-state index contributed by atoms with van der Waals surface area (Å²) in [6.45, 7) is 4.98. The zero-order chi connectivity index (χ0) is 17.6. The first kappa shape index (κ1) is 16.9. The second-order valence-electron chi connectivity index (χ2n) is 7.44. The number of fused-ring (bicyclic) bond motifs is 1. The Morgan fingerprint density at radius 3 is 2.72 bits per heavy atom. The van der Waals surface area contributed by atoms with Crippen LogP contribution in [0.25, 0.3) is 10.9 Å². The van der Waals surface area contributed by atoms with Crippen molar-refractivity contribution in [3.8, 4) is 0 Å². The van der Waals surface area contributed by atoms with Crippen molar-refractivity contribution in [3.05, 3.63) is 35.2 Å². The maximum atomic E-state index is 14.3. The van der Waals surface area contributed by atoms with E-state index in [-0.39, 0.29) is 17.3 Å². The zero-order valence-corrected chi connectivity index (χ0v) is 15.2. The van der Waals surface area contributed by atoms with Gasteiger partial charge < -0.3 is 14.8 Å². The number of hydrogen-bond acceptors (Lipinski definition) is 2. The minimum atomic E-state index is -0.485. The molecule has 25 heavy (non-hydrogen) atoms. The van der Waals surface area contributed by atoms with Gasteiger partial charge in [-0.05, 0) is 63.9 Å². The lowest BCUT2D eigenvalue weighted by atomic mass is 10.2. The lowest BCUT2D eigenvalue weighted by Crippen LogP contribution is -2.47. The molecule has 2 aromatic rings. The molecule has 4 nitrogen and oxygen atoms in total. The van der Waals surface area contributed by atoms with Crippen LogP contribution in [0.5, 0.6) is 0 Å². The highest BCUT2D eigenvalue weighted by Gasteiger charge is 2.46. The van der Waals surface area contributed by atoms with Crippen LogP contribution in [0.1, 0.15) is 38.6 Å². The van der Waals surface area contributed by atoms with E-state index in [9.17, 15) is 9.18 Å². The van der Waals surface area contributed by atoms with E-state index in [0.717, 1.165) is 32.5 Å². The van der Waals surface area contributed by atoms with Crippen molar-refractivity contribution < 1.29 is 9.18 Å². The Bertz CT molecular complexity index is 808. The third-order valence-corrected chi connectivity index (χ3v) is 5.87. The lowest BCUT2D eigenvalue weighted by Gasteiger charge is -2.26. The summed E-state index contributed by atoms with van der Waals surface area (Å²) >= 11 is 6.15. The van der Waals surface area contributed by atoms with E-state index in [1.807, 2.05) is 0 Å². The molecule has 0 radical (unpaired) electrons. The van der Waals surface area contributed by atoms with Crippen LogP contribution in [0.2, 0.25) is 5.02 Å². The third kappa shape index (κ3) is 3.15. The smallest absolute Gasteiger partial charge is 0.243 e. The highest BCUT2D eigenvalue weighted by molar-refractivity contribution is 6.35. The molecule has 1 aliphatic heterocycles. The second-order valence-corrected chi connectivity index (χ2v) is 7.85. The quantitative estimate of drug-likeness (QED) is 0.878. The maximum absolute atomic E-state index is 14.3. The predicted molar refractivity (Wildman–Crippen MR) is 97.4 cm³/mol. The molecule has 0 bridgehead atoms. The van der Waals surface area contributed by atoms with Gasteiger partial charge in [-0.15, -0.1) is 0 Å². The summed E-state index contributed by atoms with van der Waals surface area (Å²) in [4.78, 5) is 15.2. The number of amides is 1. The predicted octanol–water partition coefficient (Wildman–Crippen LogP) is 3.74. The van der Waals surface area contributed by atoms with Gasteiger partial charge in [0.2, 0.25) is 5.91 Å². The number of nitrogens with zero attached hydrogens (tertiary/aromatic N) is 2. The molecule has 134 valence electrons. The van der Waals surface area contributed by atoms with Crippen molar-refractivity contribution in [2.45, 2.75) is 44.2 Å². The summed E-state index contributed by atoms with van der Waals surface area (Å²) in [7, 11) is 0. The van der Waals surface area contributed by atoms with Crippen LogP contribution in [0.15, 0.2) is 24.4 Å². The molecule has 1 saturated carbocycles. The third-order valence-electron chi connectivity index (χ3n) is 5.54. The van der Waals surface area contributed by atoms with E-state index in [4.69, 9.17) is 11.6 Å². The van der Waals surface area contributed by atoms with Gasteiger partial charge in [0.25, 0.3) is 0 Å². The number of rotatable bonds is 5. The minimum Gasteiger partial charge on any atom is -0.348 e. The molecule has 4 rings (SSSR count). The number of hydrogen-bond donors (Lipinski definition) is 1. The molecule has 1 aromatic carbocycles. The van der Waals surface area contributed by atoms with Crippen molar-refractivity contribution >= 4 is 28.4 Å². The molecule has 1 unspecified atom stereocenters. The lowest BCUT2D eigenvalue weighted by molar-refractivity contribution is -0.124. The molecule has 6 heteroatoms. The van der Waals surface area contributed by atoms with E-state index < -0.39 is 6.04 Å². The van der Waals surface area contributed by atoms with Crippen LogP contribution >= 0.6 is 11.6 Å². The summed E-state index contributed by atoms with van der Waals surface area (Å²) in [6.07, 6.45) is 6.28. The van der Waals surface area contributed by atoms with E-state index in [2.05, 4.69) is 10.2 Å². The van der Waals surface area contributed by atoms with Crippen LogP contribution in [-0.2, 0) is 4.79 Å². The summed E-state index contributed by atoms with van der Waals surface area (Å²) in [6, 6.07) is 4.17. The summed E-state index contributed by atoms with van der Waals surface area (Å²) in [5.74, 6) is -0.421. The normalized spacial score (nSPS) is 20.8. The Hall–Kier alpha value is -1.59. The highest BCUT2D eigenvalue weighted by Crippen LogP contribution is 2.38. The monoisotopic (exact) mass is 363 g/mol. The number of halogens is 2. The van der Waals surface area contributed by atoms with E-state index >= 15 is 0 Å². The van der Waals surface area contributed by atoms with Gasteiger partial charge in [-0.25, -0.2) is 4.39 Å². The van der Waals surface area contributed by atoms with Gasteiger partial charge in [0, 0.05) is 18.1 Å². The molecule has 2 heterocycles. The molecule has 2 fully saturated rings. The van der Waals surface area contributed by atoms with Crippen molar-refractivity contribution in [2.75, 3.05) is 19.6 Å². The number of carbonyl (C=O) groups excluding carboxylic acids is 1.